The van der Waals surface area contributed by atoms with Crippen molar-refractivity contribution in [1.82, 2.24) is 20.0 Å². The van der Waals surface area contributed by atoms with Gasteiger partial charge < -0.3 is 5.32 Å². The van der Waals surface area contributed by atoms with Crippen LogP contribution in [0.3, 0.4) is 0 Å². The lowest BCUT2D eigenvalue weighted by atomic mass is 10.0. The third kappa shape index (κ3) is 4.78. The molecule has 0 saturated carbocycles. The molecule has 0 aliphatic carbocycles. The first-order valence-corrected chi connectivity index (χ1v) is 9.48. The summed E-state index contributed by atoms with van der Waals surface area (Å²) in [6.07, 6.45) is 0.834. The molecule has 0 unspecified atom stereocenters. The zero-order valence-corrected chi connectivity index (χ0v) is 15.2. The molecule has 1 aromatic rings. The van der Waals surface area contributed by atoms with Crippen LogP contribution in [0.25, 0.3) is 0 Å². The molecule has 130 valence electrons. The second-order valence-corrected chi connectivity index (χ2v) is 8.15. The number of nitrogens with one attached hydrogen (secondary N) is 2. The van der Waals surface area contributed by atoms with Gasteiger partial charge in [-0.3, -0.25) is 19.1 Å². The molecule has 1 saturated heterocycles. The molecular weight excluding hydrogens is 314 g/mol. The number of amides is 2. The van der Waals surface area contributed by atoms with E-state index in [1.807, 2.05) is 20.0 Å². The highest BCUT2D eigenvalue weighted by molar-refractivity contribution is 7.85. The Kier molecular flexibility index (Phi) is 5.80. The number of anilines is 1. The molecule has 8 heteroatoms. The van der Waals surface area contributed by atoms with Crippen LogP contribution < -0.4 is 10.6 Å². The van der Waals surface area contributed by atoms with Crippen LogP contribution in [0, 0.1) is 0 Å². The topological polar surface area (TPSA) is 79.3 Å². The Bertz CT molecular complexity index is 574. The number of hydrogen-bond acceptors (Lipinski definition) is 4. The van der Waals surface area contributed by atoms with Crippen LogP contribution in [0.2, 0.25) is 0 Å². The number of rotatable bonds is 5. The van der Waals surface area contributed by atoms with Crippen LogP contribution in [0.5, 0.6) is 0 Å². The summed E-state index contributed by atoms with van der Waals surface area (Å²) in [5, 5.41) is 10.1. The summed E-state index contributed by atoms with van der Waals surface area (Å²) in [6.45, 7) is 8.38. The van der Waals surface area contributed by atoms with E-state index in [1.165, 1.54) is 0 Å². The number of aryl methyl sites for hydroxylation is 2. The Morgan fingerprint density at radius 3 is 2.61 bits per heavy atom. The molecule has 2 heterocycles. The van der Waals surface area contributed by atoms with Crippen molar-refractivity contribution in [2.24, 2.45) is 7.05 Å². The Morgan fingerprint density at radius 2 is 2.04 bits per heavy atom. The maximum absolute atomic E-state index is 12.1. The lowest BCUT2D eigenvalue weighted by Gasteiger charge is -2.40. The lowest BCUT2D eigenvalue weighted by Crippen LogP contribution is -2.56. The number of urea groups is 1. The van der Waals surface area contributed by atoms with Gasteiger partial charge in [-0.2, -0.15) is 5.10 Å². The maximum atomic E-state index is 12.1. The average molecular weight is 341 g/mol. The first-order valence-electron chi connectivity index (χ1n) is 7.99. The molecule has 0 radical (unpaired) electrons. The molecule has 0 bridgehead atoms. The standard InChI is InChI=1S/C15H27N5O2S/c1-5-12-10-13(19(4)18-12)17-14(21)16-11-15(2,3)20-6-8-23(22)9-7-20/h10H,5-9,11H2,1-4H3,(H2,16,17,21). The van der Waals surface area contributed by atoms with Gasteiger partial charge in [0.15, 0.2) is 0 Å². The maximum Gasteiger partial charge on any atom is 0.320 e. The molecule has 1 fully saturated rings. The van der Waals surface area contributed by atoms with E-state index in [0.717, 1.165) is 25.2 Å². The summed E-state index contributed by atoms with van der Waals surface area (Å²) >= 11 is 0. The fourth-order valence-corrected chi connectivity index (χ4v) is 3.68. The van der Waals surface area contributed by atoms with Gasteiger partial charge in [0.05, 0.1) is 5.69 Å². The first kappa shape index (κ1) is 17.9. The highest BCUT2D eigenvalue weighted by atomic mass is 32.2. The van der Waals surface area contributed by atoms with E-state index in [1.54, 1.807) is 4.68 Å². The predicted octanol–water partition coefficient (Wildman–Crippen LogP) is 0.947. The highest BCUT2D eigenvalue weighted by Crippen LogP contribution is 2.16. The van der Waals surface area contributed by atoms with Gasteiger partial charge in [0.25, 0.3) is 0 Å². The van der Waals surface area contributed by atoms with E-state index < -0.39 is 10.8 Å². The normalized spacial score (nSPS) is 17.2. The molecule has 1 aliphatic heterocycles. The summed E-state index contributed by atoms with van der Waals surface area (Å²) in [7, 11) is 1.12. The van der Waals surface area contributed by atoms with Gasteiger partial charge in [0.2, 0.25) is 0 Å². The van der Waals surface area contributed by atoms with Crippen molar-refractivity contribution >= 4 is 22.6 Å². The summed E-state index contributed by atoms with van der Waals surface area (Å²) in [5.74, 6) is 2.11. The van der Waals surface area contributed by atoms with Crippen molar-refractivity contribution < 1.29 is 9.00 Å². The zero-order chi connectivity index (χ0) is 17.0. The summed E-state index contributed by atoms with van der Waals surface area (Å²) in [5.41, 5.74) is 0.785. The van der Waals surface area contributed by atoms with Crippen molar-refractivity contribution in [3.05, 3.63) is 11.8 Å². The average Bonchev–Trinajstić information content (AvgIpc) is 2.86. The molecule has 23 heavy (non-hydrogen) atoms. The van der Waals surface area contributed by atoms with Gasteiger partial charge in [-0.05, 0) is 20.3 Å². The van der Waals surface area contributed by atoms with E-state index >= 15 is 0 Å². The molecule has 2 rings (SSSR count). The Morgan fingerprint density at radius 1 is 1.39 bits per heavy atom. The monoisotopic (exact) mass is 341 g/mol. The van der Waals surface area contributed by atoms with E-state index in [4.69, 9.17) is 0 Å². The van der Waals surface area contributed by atoms with E-state index in [-0.39, 0.29) is 11.6 Å². The SMILES string of the molecule is CCc1cc(NC(=O)NCC(C)(C)N2CCS(=O)CC2)n(C)n1. The minimum Gasteiger partial charge on any atom is -0.336 e. The second kappa shape index (κ2) is 7.44. The van der Waals surface area contributed by atoms with Crippen LogP contribution >= 0.6 is 0 Å². The molecule has 7 nitrogen and oxygen atoms in total. The van der Waals surface area contributed by atoms with Crippen molar-refractivity contribution in [3.8, 4) is 0 Å². The minimum atomic E-state index is -0.687. The highest BCUT2D eigenvalue weighted by Gasteiger charge is 2.30. The number of carbonyl (C=O) groups excluding carboxylic acids is 1. The quantitative estimate of drug-likeness (QED) is 0.836. The van der Waals surface area contributed by atoms with Crippen LogP contribution in [0.1, 0.15) is 26.5 Å². The second-order valence-electron chi connectivity index (χ2n) is 6.45. The molecule has 0 aromatic carbocycles. The van der Waals surface area contributed by atoms with Crippen LogP contribution in [0.15, 0.2) is 6.07 Å². The molecule has 2 amide bonds. The van der Waals surface area contributed by atoms with Crippen LogP contribution in [0.4, 0.5) is 10.6 Å². The van der Waals surface area contributed by atoms with Gasteiger partial charge in [0.1, 0.15) is 5.82 Å². The summed E-state index contributed by atoms with van der Waals surface area (Å²) in [6, 6.07) is 1.65. The van der Waals surface area contributed by atoms with E-state index in [2.05, 4.69) is 34.5 Å². The molecule has 0 spiro atoms. The smallest absolute Gasteiger partial charge is 0.320 e. The number of nitrogens with zero attached hydrogens (tertiary/aromatic N) is 3. The van der Waals surface area contributed by atoms with Gasteiger partial charge in [-0.25, -0.2) is 4.79 Å². The molecule has 2 N–H and O–H groups in total. The largest absolute Gasteiger partial charge is 0.336 e. The minimum absolute atomic E-state index is 0.164. The third-order valence-corrected chi connectivity index (χ3v) is 5.53. The summed E-state index contributed by atoms with van der Waals surface area (Å²) in [4.78, 5) is 14.4. The predicted molar refractivity (Wildman–Crippen MR) is 93.1 cm³/mol. The Labute approximate surface area is 140 Å². The third-order valence-electron chi connectivity index (χ3n) is 4.25. The number of aromatic nitrogens is 2. The van der Waals surface area contributed by atoms with E-state index in [0.29, 0.717) is 23.9 Å². The van der Waals surface area contributed by atoms with E-state index in [9.17, 15) is 9.00 Å². The van der Waals surface area contributed by atoms with Gasteiger partial charge >= 0.3 is 6.03 Å². The van der Waals surface area contributed by atoms with Gasteiger partial charge in [0, 0.05) is 60.6 Å². The van der Waals surface area contributed by atoms with Gasteiger partial charge in [-0.15, -0.1) is 0 Å². The van der Waals surface area contributed by atoms with Crippen molar-refractivity contribution in [3.63, 3.8) is 0 Å². The van der Waals surface area contributed by atoms with Crippen molar-refractivity contribution in [1.29, 1.82) is 0 Å². The molecule has 1 aromatic heterocycles. The Balaban J connectivity index is 1.85. The molecule has 0 atom stereocenters. The van der Waals surface area contributed by atoms with Gasteiger partial charge in [-0.1, -0.05) is 6.92 Å². The lowest BCUT2D eigenvalue weighted by molar-refractivity contribution is 0.133. The molecule has 1 aliphatic rings. The fraction of sp³-hybridized carbons (Fsp3) is 0.733. The first-order chi connectivity index (χ1) is 10.8. The van der Waals surface area contributed by atoms with Crippen LogP contribution in [-0.4, -0.2) is 61.6 Å². The van der Waals surface area contributed by atoms with Crippen LogP contribution in [-0.2, 0) is 24.3 Å². The van der Waals surface area contributed by atoms with Crippen molar-refractivity contribution in [2.75, 3.05) is 36.5 Å². The van der Waals surface area contributed by atoms with Crippen molar-refractivity contribution in [2.45, 2.75) is 32.7 Å². The fourth-order valence-electron chi connectivity index (χ4n) is 2.63. The molecular formula is C15H27N5O2S. The number of hydrogen-bond donors (Lipinski definition) is 2. The zero-order valence-electron chi connectivity index (χ0n) is 14.4. The number of carbonyl (C=O) groups is 1. The Hall–Kier alpha value is -1.41. The summed E-state index contributed by atoms with van der Waals surface area (Å²) < 4.78 is 13.1.